The van der Waals surface area contributed by atoms with Crippen LogP contribution in [0.2, 0.25) is 5.02 Å². The molecule has 0 aliphatic rings. The maximum Gasteiger partial charge on any atom is 0.243 e. The van der Waals surface area contributed by atoms with Crippen LogP contribution in [0.15, 0.2) is 102 Å². The number of pyridine rings is 1. The van der Waals surface area contributed by atoms with Gasteiger partial charge >= 0.3 is 0 Å². The average Bonchev–Trinajstić information content (AvgIpc) is 2.89. The zero-order valence-corrected chi connectivity index (χ0v) is 20.9. The van der Waals surface area contributed by atoms with Crippen LogP contribution in [-0.4, -0.2) is 43.9 Å². The van der Waals surface area contributed by atoms with Crippen molar-refractivity contribution in [2.75, 3.05) is 26.2 Å². The summed E-state index contributed by atoms with van der Waals surface area (Å²) >= 11 is 5.93. The molecule has 4 aromatic rings. The van der Waals surface area contributed by atoms with Crippen molar-refractivity contribution >= 4 is 38.5 Å². The van der Waals surface area contributed by atoms with E-state index in [1.54, 1.807) is 34.9 Å². The van der Waals surface area contributed by atoms with Crippen molar-refractivity contribution in [1.82, 2.24) is 14.6 Å². The Balaban J connectivity index is 1.45. The molecule has 1 N–H and O–H groups in total. The molecular formula is C28H28ClN3O2S. The van der Waals surface area contributed by atoms with Gasteiger partial charge in [-0.2, -0.15) is 4.31 Å². The van der Waals surface area contributed by atoms with Crippen molar-refractivity contribution in [3.63, 3.8) is 0 Å². The lowest BCUT2D eigenvalue weighted by Gasteiger charge is -2.23. The molecule has 35 heavy (non-hydrogen) atoms. The van der Waals surface area contributed by atoms with E-state index in [1.807, 2.05) is 72.8 Å². The molecule has 3 aromatic carbocycles. The van der Waals surface area contributed by atoms with Gasteiger partial charge < -0.3 is 5.32 Å². The summed E-state index contributed by atoms with van der Waals surface area (Å²) < 4.78 is 29.1. The van der Waals surface area contributed by atoms with Crippen LogP contribution in [0.3, 0.4) is 0 Å². The third-order valence-corrected chi connectivity index (χ3v) is 7.94. The monoisotopic (exact) mass is 505 g/mol. The molecule has 0 fully saturated rings. The molecule has 1 heterocycles. The highest BCUT2D eigenvalue weighted by Crippen LogP contribution is 2.25. The predicted octanol–water partition coefficient (Wildman–Crippen LogP) is 5.42. The van der Waals surface area contributed by atoms with Crippen LogP contribution in [0.4, 0.5) is 0 Å². The lowest BCUT2D eigenvalue weighted by atomic mass is 10.1. The maximum absolute atomic E-state index is 13.8. The molecule has 0 spiro atoms. The molecule has 0 atom stereocenters. The summed E-state index contributed by atoms with van der Waals surface area (Å²) in [5, 5.41) is 5.53. The summed E-state index contributed by atoms with van der Waals surface area (Å²) in [4.78, 5) is 4.44. The van der Waals surface area contributed by atoms with Crippen molar-refractivity contribution in [2.45, 2.75) is 11.3 Å². The highest BCUT2D eigenvalue weighted by molar-refractivity contribution is 7.89. The molecule has 180 valence electrons. The number of halogens is 1. The normalized spacial score (nSPS) is 12.1. The van der Waals surface area contributed by atoms with Gasteiger partial charge in [0.05, 0.1) is 4.90 Å². The van der Waals surface area contributed by atoms with Crippen LogP contribution in [0.5, 0.6) is 0 Å². The summed E-state index contributed by atoms with van der Waals surface area (Å²) in [5.41, 5.74) is 2.17. The molecule has 0 bridgehead atoms. The van der Waals surface area contributed by atoms with Crippen molar-refractivity contribution in [2.24, 2.45) is 0 Å². The highest BCUT2D eigenvalue weighted by atomic mass is 35.5. The van der Waals surface area contributed by atoms with Gasteiger partial charge in [-0.25, -0.2) is 8.42 Å². The van der Waals surface area contributed by atoms with E-state index in [0.717, 1.165) is 16.5 Å². The van der Waals surface area contributed by atoms with Gasteiger partial charge in [0.25, 0.3) is 0 Å². The fourth-order valence-electron chi connectivity index (χ4n) is 3.87. The smallest absolute Gasteiger partial charge is 0.243 e. The maximum atomic E-state index is 13.8. The summed E-state index contributed by atoms with van der Waals surface area (Å²) in [7, 11) is -3.70. The molecule has 0 aliphatic carbocycles. The van der Waals surface area contributed by atoms with E-state index in [-0.39, 0.29) is 0 Å². The minimum absolute atomic E-state index is 0.313. The fraction of sp³-hybridized carbons (Fsp3) is 0.179. The fourth-order valence-corrected chi connectivity index (χ4v) is 5.65. The van der Waals surface area contributed by atoms with Gasteiger partial charge in [0.2, 0.25) is 10.0 Å². The molecule has 1 aromatic heterocycles. The van der Waals surface area contributed by atoms with Crippen molar-refractivity contribution in [3.8, 4) is 0 Å². The Morgan fingerprint density at radius 1 is 0.914 bits per heavy atom. The number of rotatable bonds is 11. The molecule has 0 saturated carbocycles. The molecule has 0 radical (unpaired) electrons. The average molecular weight is 506 g/mol. The number of hydrogen-bond acceptors (Lipinski definition) is 4. The first-order valence-corrected chi connectivity index (χ1v) is 13.4. The van der Waals surface area contributed by atoms with Gasteiger partial charge in [0, 0.05) is 54.4 Å². The van der Waals surface area contributed by atoms with Gasteiger partial charge in [-0.3, -0.25) is 4.98 Å². The van der Waals surface area contributed by atoms with E-state index >= 15 is 0 Å². The first-order valence-electron chi connectivity index (χ1n) is 11.5. The molecular weight excluding hydrogens is 478 g/mol. The number of sulfonamides is 1. The quantitative estimate of drug-likeness (QED) is 0.276. The zero-order chi connectivity index (χ0) is 24.5. The van der Waals surface area contributed by atoms with Crippen LogP contribution in [0, 0.1) is 0 Å². The number of fused-ring (bicyclic) bond motifs is 1. The Bertz CT molecular complexity index is 1370. The minimum atomic E-state index is -3.70. The van der Waals surface area contributed by atoms with E-state index in [4.69, 9.17) is 11.6 Å². The van der Waals surface area contributed by atoms with Crippen LogP contribution in [0.1, 0.15) is 11.1 Å². The number of benzene rings is 3. The van der Waals surface area contributed by atoms with E-state index in [0.29, 0.717) is 47.9 Å². The second-order valence-electron chi connectivity index (χ2n) is 8.15. The van der Waals surface area contributed by atoms with E-state index in [1.165, 1.54) is 0 Å². The summed E-state index contributed by atoms with van der Waals surface area (Å²) in [6.07, 6.45) is 7.99. The van der Waals surface area contributed by atoms with Crippen LogP contribution in [-0.2, 0) is 16.4 Å². The zero-order valence-electron chi connectivity index (χ0n) is 19.3. The van der Waals surface area contributed by atoms with E-state index < -0.39 is 10.0 Å². The molecule has 0 aliphatic heterocycles. The first-order chi connectivity index (χ1) is 17.0. The van der Waals surface area contributed by atoms with Gasteiger partial charge in [-0.05, 0) is 41.8 Å². The number of nitrogens with one attached hydrogen (secondary N) is 1. The molecule has 7 heteroatoms. The Kier molecular flexibility index (Phi) is 8.66. The van der Waals surface area contributed by atoms with E-state index in [2.05, 4.69) is 10.3 Å². The standard InChI is InChI=1S/C28H28ClN3O2S/c29-26-13-11-24(12-14-26)8-5-17-30-19-21-32(20-16-23-6-2-1-3-7-23)35(33,34)28-10-4-9-25-22-31-18-15-27(25)28/h1-15,18,22,30H,16-17,19-21H2. The summed E-state index contributed by atoms with van der Waals surface area (Å²) in [6, 6.07) is 24.7. The van der Waals surface area contributed by atoms with Gasteiger partial charge in [0.1, 0.15) is 0 Å². The van der Waals surface area contributed by atoms with Crippen molar-refractivity contribution in [3.05, 3.63) is 113 Å². The third kappa shape index (κ3) is 6.77. The second-order valence-corrected chi connectivity index (χ2v) is 10.5. The first kappa shape index (κ1) is 25.1. The Hall–Kier alpha value is -3.03. The van der Waals surface area contributed by atoms with Gasteiger partial charge in [-0.1, -0.05) is 78.4 Å². The summed E-state index contributed by atoms with van der Waals surface area (Å²) in [5.74, 6) is 0. The highest BCUT2D eigenvalue weighted by Gasteiger charge is 2.25. The number of aromatic nitrogens is 1. The van der Waals surface area contributed by atoms with Crippen LogP contribution in [0.25, 0.3) is 16.8 Å². The largest absolute Gasteiger partial charge is 0.312 e. The number of hydrogen-bond donors (Lipinski definition) is 1. The molecule has 0 saturated heterocycles. The third-order valence-electron chi connectivity index (χ3n) is 5.73. The van der Waals surface area contributed by atoms with Crippen LogP contribution >= 0.6 is 11.6 Å². The Morgan fingerprint density at radius 2 is 1.71 bits per heavy atom. The Labute approximate surface area is 212 Å². The van der Waals surface area contributed by atoms with Gasteiger partial charge in [0.15, 0.2) is 0 Å². The number of nitrogens with zero attached hydrogens (tertiary/aromatic N) is 2. The SMILES string of the molecule is O=S(=O)(c1cccc2cnccc12)N(CCNCC=Cc1ccc(Cl)cc1)CCc1ccccc1. The second kappa shape index (κ2) is 12.1. The Morgan fingerprint density at radius 3 is 2.51 bits per heavy atom. The van der Waals surface area contributed by atoms with Crippen molar-refractivity contribution in [1.29, 1.82) is 0 Å². The van der Waals surface area contributed by atoms with E-state index in [9.17, 15) is 8.42 Å². The van der Waals surface area contributed by atoms with Gasteiger partial charge in [-0.15, -0.1) is 0 Å². The minimum Gasteiger partial charge on any atom is -0.312 e. The summed E-state index contributed by atoms with van der Waals surface area (Å²) in [6.45, 7) is 1.93. The molecule has 5 nitrogen and oxygen atoms in total. The molecule has 0 unspecified atom stereocenters. The molecule has 4 rings (SSSR count). The van der Waals surface area contributed by atoms with Crippen LogP contribution < -0.4 is 5.32 Å². The molecule has 0 amide bonds. The van der Waals surface area contributed by atoms with Crippen molar-refractivity contribution < 1.29 is 8.42 Å². The predicted molar refractivity (Wildman–Crippen MR) is 144 cm³/mol. The lowest BCUT2D eigenvalue weighted by molar-refractivity contribution is 0.411. The topological polar surface area (TPSA) is 62.3 Å². The lowest BCUT2D eigenvalue weighted by Crippen LogP contribution is -2.38.